The van der Waals surface area contributed by atoms with Crippen molar-refractivity contribution in [2.45, 2.75) is 31.9 Å². The van der Waals surface area contributed by atoms with E-state index in [1.807, 2.05) is 42.5 Å². The monoisotopic (exact) mass is 419 g/mol. The predicted molar refractivity (Wildman–Crippen MR) is 117 cm³/mol. The van der Waals surface area contributed by atoms with E-state index in [0.717, 1.165) is 30.6 Å². The molecule has 0 radical (unpaired) electrons. The van der Waals surface area contributed by atoms with Crippen LogP contribution in [0.4, 0.5) is 10.6 Å². The van der Waals surface area contributed by atoms with Crippen LogP contribution < -0.4 is 16.2 Å². The number of aromatic nitrogens is 3. The van der Waals surface area contributed by atoms with Gasteiger partial charge in [-0.25, -0.2) is 9.78 Å². The summed E-state index contributed by atoms with van der Waals surface area (Å²) in [5, 5.41) is 10.4. The molecule has 1 aromatic carbocycles. The summed E-state index contributed by atoms with van der Waals surface area (Å²) >= 11 is 0. The molecule has 1 amide bonds. The number of nitrogens with one attached hydrogen (secondary N) is 2. The van der Waals surface area contributed by atoms with E-state index in [2.05, 4.69) is 20.7 Å². The molecule has 160 valence electrons. The number of carbonyl (C=O) groups is 1. The van der Waals surface area contributed by atoms with Crippen LogP contribution in [0.1, 0.15) is 24.8 Å². The number of amides is 1. The van der Waals surface area contributed by atoms with Gasteiger partial charge in [-0.15, -0.1) is 0 Å². The van der Waals surface area contributed by atoms with Gasteiger partial charge in [-0.3, -0.25) is 4.79 Å². The smallest absolute Gasteiger partial charge is 0.407 e. The Morgan fingerprint density at radius 3 is 2.74 bits per heavy atom. The Labute approximate surface area is 180 Å². The van der Waals surface area contributed by atoms with Gasteiger partial charge in [0.15, 0.2) is 0 Å². The zero-order chi connectivity index (χ0) is 21.5. The summed E-state index contributed by atoms with van der Waals surface area (Å²) in [4.78, 5) is 28.2. The molecule has 3 aromatic rings. The lowest BCUT2D eigenvalue weighted by Crippen LogP contribution is -2.29. The quantitative estimate of drug-likeness (QED) is 0.611. The van der Waals surface area contributed by atoms with E-state index >= 15 is 0 Å². The van der Waals surface area contributed by atoms with Crippen molar-refractivity contribution in [3.8, 4) is 5.69 Å². The van der Waals surface area contributed by atoms with Gasteiger partial charge in [0.2, 0.25) is 0 Å². The molecule has 8 heteroatoms. The first-order chi connectivity index (χ1) is 15.2. The molecule has 2 heterocycles. The highest BCUT2D eigenvalue weighted by atomic mass is 16.5. The summed E-state index contributed by atoms with van der Waals surface area (Å²) in [7, 11) is 0. The molecule has 1 saturated carbocycles. The second kappa shape index (κ2) is 9.88. The fourth-order valence-electron chi connectivity index (χ4n) is 3.75. The normalized spacial score (nSPS) is 17.8. The molecule has 0 spiro atoms. The highest BCUT2D eigenvalue weighted by molar-refractivity contribution is 5.67. The number of pyridine rings is 1. The largest absolute Gasteiger partial charge is 0.445 e. The second-order valence-corrected chi connectivity index (χ2v) is 7.64. The minimum Gasteiger partial charge on any atom is -0.445 e. The van der Waals surface area contributed by atoms with Crippen LogP contribution in [-0.2, 0) is 11.3 Å². The third kappa shape index (κ3) is 5.69. The lowest BCUT2D eigenvalue weighted by atomic mass is 10.1. The van der Waals surface area contributed by atoms with Gasteiger partial charge in [-0.1, -0.05) is 30.3 Å². The number of anilines is 1. The van der Waals surface area contributed by atoms with Crippen molar-refractivity contribution in [2.75, 3.05) is 11.9 Å². The third-order valence-corrected chi connectivity index (χ3v) is 5.35. The number of benzene rings is 1. The van der Waals surface area contributed by atoms with Crippen molar-refractivity contribution in [3.63, 3.8) is 0 Å². The van der Waals surface area contributed by atoms with Crippen molar-refractivity contribution in [1.29, 1.82) is 0 Å². The summed E-state index contributed by atoms with van der Waals surface area (Å²) in [6.07, 6.45) is 5.79. The molecule has 2 N–H and O–H groups in total. The summed E-state index contributed by atoms with van der Waals surface area (Å²) in [5.41, 5.74) is 1.39. The van der Waals surface area contributed by atoms with Crippen LogP contribution in [0.2, 0.25) is 0 Å². The van der Waals surface area contributed by atoms with Gasteiger partial charge in [0, 0.05) is 24.8 Å². The maximum atomic E-state index is 11.9. The Morgan fingerprint density at radius 2 is 1.97 bits per heavy atom. The number of carbonyl (C=O) groups excluding carboxylic acids is 1. The molecule has 31 heavy (non-hydrogen) atoms. The number of nitrogens with zero attached hydrogens (tertiary/aromatic N) is 3. The lowest BCUT2D eigenvalue weighted by molar-refractivity contribution is 0.138. The van der Waals surface area contributed by atoms with Crippen LogP contribution in [-0.4, -0.2) is 33.4 Å². The molecule has 1 fully saturated rings. The van der Waals surface area contributed by atoms with E-state index in [9.17, 15) is 9.59 Å². The summed E-state index contributed by atoms with van der Waals surface area (Å²) in [6, 6.07) is 16.7. The van der Waals surface area contributed by atoms with Gasteiger partial charge in [0.25, 0.3) is 5.56 Å². The van der Waals surface area contributed by atoms with E-state index in [4.69, 9.17) is 4.74 Å². The summed E-state index contributed by atoms with van der Waals surface area (Å²) < 4.78 is 6.57. The van der Waals surface area contributed by atoms with Crippen molar-refractivity contribution in [1.82, 2.24) is 20.1 Å². The molecule has 1 aliphatic rings. The topological polar surface area (TPSA) is 98.1 Å². The highest BCUT2D eigenvalue weighted by Crippen LogP contribution is 2.27. The van der Waals surface area contributed by atoms with Crippen LogP contribution >= 0.6 is 0 Å². The maximum absolute atomic E-state index is 11.9. The minimum atomic E-state index is -0.387. The standard InChI is InChI=1S/C23H25N5O3/c29-22-7-4-12-26-28(22)20-10-11-21(24-15-20)27-19-9-8-18(13-19)14-25-23(30)31-16-17-5-2-1-3-6-17/h1-7,10-12,15,18-19H,8-9,13-14,16H2,(H,24,27)(H,25,30)/t18-,19+/m1/s1. The minimum absolute atomic E-state index is 0.196. The van der Waals surface area contributed by atoms with Crippen molar-refractivity contribution in [2.24, 2.45) is 5.92 Å². The average molecular weight is 419 g/mol. The SMILES string of the molecule is O=C(NC[C@@H]1CC[C@H](Nc2ccc(-n3ncccc3=O)cn2)C1)OCc1ccccc1. The maximum Gasteiger partial charge on any atom is 0.407 e. The van der Waals surface area contributed by atoms with E-state index in [-0.39, 0.29) is 18.3 Å². The Morgan fingerprint density at radius 1 is 1.10 bits per heavy atom. The van der Waals surface area contributed by atoms with Crippen molar-refractivity contribution in [3.05, 3.63) is 82.9 Å². The molecule has 0 unspecified atom stereocenters. The lowest BCUT2D eigenvalue weighted by Gasteiger charge is -2.15. The Bertz CT molecular complexity index is 1050. The first kappa shape index (κ1) is 20.6. The number of ether oxygens (including phenoxy) is 1. The second-order valence-electron chi connectivity index (χ2n) is 7.64. The summed E-state index contributed by atoms with van der Waals surface area (Å²) in [5.74, 6) is 1.15. The van der Waals surface area contributed by atoms with E-state index in [0.29, 0.717) is 24.2 Å². The van der Waals surface area contributed by atoms with Crippen molar-refractivity contribution >= 4 is 11.9 Å². The van der Waals surface area contributed by atoms with Crippen LogP contribution in [0.5, 0.6) is 0 Å². The van der Waals surface area contributed by atoms with Crippen LogP contribution in [0.15, 0.2) is 71.8 Å². The van der Waals surface area contributed by atoms with Crippen molar-refractivity contribution < 1.29 is 9.53 Å². The van der Waals surface area contributed by atoms with Gasteiger partial charge < -0.3 is 15.4 Å². The molecule has 1 aliphatic carbocycles. The van der Waals surface area contributed by atoms with Gasteiger partial charge in [0.1, 0.15) is 12.4 Å². The third-order valence-electron chi connectivity index (χ3n) is 5.35. The molecule has 0 saturated heterocycles. The number of hydrogen-bond acceptors (Lipinski definition) is 6. The molecule has 2 atom stereocenters. The van der Waals surface area contributed by atoms with E-state index in [1.54, 1.807) is 18.5 Å². The predicted octanol–water partition coefficient (Wildman–Crippen LogP) is 3.13. The molecule has 0 aliphatic heterocycles. The first-order valence-electron chi connectivity index (χ1n) is 10.4. The molecule has 2 aromatic heterocycles. The highest BCUT2D eigenvalue weighted by Gasteiger charge is 2.25. The van der Waals surface area contributed by atoms with Gasteiger partial charge in [-0.05, 0) is 48.9 Å². The van der Waals surface area contributed by atoms with E-state index < -0.39 is 0 Å². The zero-order valence-electron chi connectivity index (χ0n) is 17.1. The molecule has 4 rings (SSSR count). The number of rotatable bonds is 7. The average Bonchev–Trinajstić information content (AvgIpc) is 3.25. The Balaban J connectivity index is 1.21. The van der Waals surface area contributed by atoms with Gasteiger partial charge >= 0.3 is 6.09 Å². The fraction of sp³-hybridized carbons (Fsp3) is 0.304. The van der Waals surface area contributed by atoms with Gasteiger partial charge in [-0.2, -0.15) is 9.78 Å². The molecular formula is C23H25N5O3. The number of alkyl carbamates (subject to hydrolysis) is 1. The molecule has 0 bridgehead atoms. The van der Waals surface area contributed by atoms with Crippen LogP contribution in [0.3, 0.4) is 0 Å². The van der Waals surface area contributed by atoms with Crippen LogP contribution in [0, 0.1) is 5.92 Å². The Hall–Kier alpha value is -3.68. The van der Waals surface area contributed by atoms with E-state index in [1.165, 1.54) is 10.7 Å². The fourth-order valence-corrected chi connectivity index (χ4v) is 3.75. The zero-order valence-corrected chi connectivity index (χ0v) is 17.1. The van der Waals surface area contributed by atoms with Gasteiger partial charge in [0.05, 0.1) is 11.9 Å². The molecule has 8 nitrogen and oxygen atoms in total. The Kier molecular flexibility index (Phi) is 6.56. The first-order valence-corrected chi connectivity index (χ1v) is 10.4. The summed E-state index contributed by atoms with van der Waals surface area (Å²) in [6.45, 7) is 0.870. The number of hydrogen-bond donors (Lipinski definition) is 2. The van der Waals surface area contributed by atoms with Crippen LogP contribution in [0.25, 0.3) is 5.69 Å². The molecular weight excluding hydrogens is 394 g/mol.